The Morgan fingerprint density at radius 2 is 2.10 bits per heavy atom. The smallest absolute Gasteiger partial charge is 0.242 e. The van der Waals surface area contributed by atoms with E-state index in [1.807, 2.05) is 24.4 Å². The number of nitrogens with one attached hydrogen (secondary N) is 1. The van der Waals surface area contributed by atoms with Crippen molar-refractivity contribution < 1.29 is 13.8 Å². The van der Waals surface area contributed by atoms with Crippen LogP contribution in [0, 0.1) is 6.92 Å². The van der Waals surface area contributed by atoms with Crippen molar-refractivity contribution >= 4 is 23.1 Å². The summed E-state index contributed by atoms with van der Waals surface area (Å²) in [7, 11) is 0. The van der Waals surface area contributed by atoms with E-state index in [0.29, 0.717) is 23.3 Å². The monoisotopic (exact) mass is 430 g/mol. The first-order valence-electron chi connectivity index (χ1n) is 10.2. The Bertz CT molecular complexity index is 946. The van der Waals surface area contributed by atoms with Gasteiger partial charge in [0.15, 0.2) is 5.82 Å². The molecular formula is C20H26N6O3S. The molecule has 9 nitrogen and oxygen atoms in total. The molecule has 1 saturated heterocycles. The predicted molar refractivity (Wildman–Crippen MR) is 113 cm³/mol. The molecule has 1 unspecified atom stereocenters. The van der Waals surface area contributed by atoms with Crippen LogP contribution >= 0.6 is 11.3 Å². The van der Waals surface area contributed by atoms with Crippen molar-refractivity contribution in [2.75, 3.05) is 38.0 Å². The zero-order chi connectivity index (χ0) is 20.9. The molecule has 0 saturated carbocycles. The predicted octanol–water partition coefficient (Wildman–Crippen LogP) is 2.67. The highest BCUT2D eigenvalue weighted by Gasteiger charge is 2.26. The molecular weight excluding hydrogens is 404 g/mol. The molecule has 1 aliphatic heterocycles. The van der Waals surface area contributed by atoms with Crippen molar-refractivity contribution in [3.63, 3.8) is 0 Å². The fourth-order valence-corrected chi connectivity index (χ4v) is 4.16. The summed E-state index contributed by atoms with van der Waals surface area (Å²) >= 11 is 1.61. The van der Waals surface area contributed by atoms with Crippen LogP contribution in [0.5, 0.6) is 0 Å². The van der Waals surface area contributed by atoms with E-state index in [9.17, 15) is 4.79 Å². The van der Waals surface area contributed by atoms with Gasteiger partial charge in [-0.1, -0.05) is 16.4 Å². The first-order chi connectivity index (χ1) is 14.6. The Morgan fingerprint density at radius 3 is 2.80 bits per heavy atom. The summed E-state index contributed by atoms with van der Waals surface area (Å²) < 4.78 is 10.4. The minimum Gasteiger partial charge on any atom is -0.360 e. The quantitative estimate of drug-likeness (QED) is 0.582. The van der Waals surface area contributed by atoms with Gasteiger partial charge in [0, 0.05) is 38.7 Å². The van der Waals surface area contributed by atoms with Crippen LogP contribution in [-0.4, -0.2) is 69.8 Å². The summed E-state index contributed by atoms with van der Waals surface area (Å²) in [6.07, 6.45) is 1.74. The molecule has 4 heterocycles. The molecule has 30 heavy (non-hydrogen) atoms. The second kappa shape index (κ2) is 9.50. The molecule has 0 aliphatic carbocycles. The molecule has 0 radical (unpaired) electrons. The maximum Gasteiger partial charge on any atom is 0.242 e. The summed E-state index contributed by atoms with van der Waals surface area (Å²) in [5.41, 5.74) is 0. The van der Waals surface area contributed by atoms with Crippen LogP contribution in [0.15, 0.2) is 32.6 Å². The molecule has 10 heteroatoms. The van der Waals surface area contributed by atoms with E-state index < -0.39 is 0 Å². The number of thiophene rings is 1. The Kier molecular flexibility index (Phi) is 6.56. The third kappa shape index (κ3) is 5.13. The molecule has 1 aliphatic rings. The molecule has 1 amide bonds. The van der Waals surface area contributed by atoms with Crippen LogP contribution in [-0.2, 0) is 11.2 Å². The zero-order valence-electron chi connectivity index (χ0n) is 17.2. The summed E-state index contributed by atoms with van der Waals surface area (Å²) in [6.45, 7) is 8.29. The van der Waals surface area contributed by atoms with Crippen molar-refractivity contribution in [3.05, 3.63) is 35.2 Å². The van der Waals surface area contributed by atoms with Crippen molar-refractivity contribution in [2.24, 2.45) is 0 Å². The van der Waals surface area contributed by atoms with E-state index in [2.05, 4.69) is 30.4 Å². The number of hydrogen-bond acceptors (Lipinski definition) is 9. The molecule has 1 N–H and O–H groups in total. The second-order valence-corrected chi connectivity index (χ2v) is 8.41. The van der Waals surface area contributed by atoms with E-state index in [1.165, 1.54) is 0 Å². The highest BCUT2D eigenvalue weighted by Crippen LogP contribution is 2.21. The Hall–Kier alpha value is -2.56. The van der Waals surface area contributed by atoms with Crippen molar-refractivity contribution in [1.29, 1.82) is 0 Å². The largest absolute Gasteiger partial charge is 0.360 e. The van der Waals surface area contributed by atoms with Gasteiger partial charge in [0.05, 0.1) is 10.9 Å². The Morgan fingerprint density at radius 1 is 1.27 bits per heavy atom. The van der Waals surface area contributed by atoms with Crippen molar-refractivity contribution in [3.8, 4) is 10.7 Å². The van der Waals surface area contributed by atoms with Gasteiger partial charge < -0.3 is 19.3 Å². The van der Waals surface area contributed by atoms with Crippen LogP contribution in [0.25, 0.3) is 10.7 Å². The number of anilines is 1. The van der Waals surface area contributed by atoms with Gasteiger partial charge >= 0.3 is 0 Å². The molecule has 0 aromatic carbocycles. The third-order valence-electron chi connectivity index (χ3n) is 5.29. The van der Waals surface area contributed by atoms with E-state index in [4.69, 9.17) is 9.05 Å². The minimum absolute atomic E-state index is 0.0605. The fraction of sp³-hybridized carbons (Fsp3) is 0.500. The van der Waals surface area contributed by atoms with Gasteiger partial charge in [-0.05, 0) is 38.3 Å². The van der Waals surface area contributed by atoms with Crippen LogP contribution < -0.4 is 5.32 Å². The summed E-state index contributed by atoms with van der Waals surface area (Å²) in [4.78, 5) is 22.6. The molecule has 0 spiro atoms. The standard InChI is InChI=1S/C20H26N6O3S/c1-14-13-17(23-28-14)21-20(27)15(2)26-10-8-25(9-11-26)7-3-6-18-22-19(24-29-18)16-5-4-12-30-16/h4-5,12-13,15H,3,6-11H2,1-2H3,(H,21,23,27). The van der Waals surface area contributed by atoms with E-state index in [0.717, 1.165) is 50.4 Å². The van der Waals surface area contributed by atoms with Gasteiger partial charge in [-0.2, -0.15) is 4.98 Å². The van der Waals surface area contributed by atoms with Crippen LogP contribution in [0.3, 0.4) is 0 Å². The molecule has 4 rings (SSSR count). The highest BCUT2D eigenvalue weighted by molar-refractivity contribution is 7.13. The fourth-order valence-electron chi connectivity index (χ4n) is 3.51. The zero-order valence-corrected chi connectivity index (χ0v) is 18.0. The summed E-state index contributed by atoms with van der Waals surface area (Å²) in [6, 6.07) is 5.48. The lowest BCUT2D eigenvalue weighted by Gasteiger charge is -2.37. The highest BCUT2D eigenvalue weighted by atomic mass is 32.1. The first kappa shape index (κ1) is 20.7. The van der Waals surface area contributed by atoms with Gasteiger partial charge in [0.2, 0.25) is 17.6 Å². The topological polar surface area (TPSA) is 101 Å². The molecule has 3 aromatic heterocycles. The van der Waals surface area contributed by atoms with Crippen LogP contribution in [0.4, 0.5) is 5.82 Å². The Balaban J connectivity index is 1.17. The number of nitrogens with zero attached hydrogens (tertiary/aromatic N) is 5. The van der Waals surface area contributed by atoms with Gasteiger partial charge in [0.1, 0.15) is 5.76 Å². The first-order valence-corrected chi connectivity index (χ1v) is 11.0. The lowest BCUT2D eigenvalue weighted by Crippen LogP contribution is -2.52. The normalized spacial score (nSPS) is 16.6. The van der Waals surface area contributed by atoms with Crippen LogP contribution in [0.2, 0.25) is 0 Å². The third-order valence-corrected chi connectivity index (χ3v) is 6.15. The van der Waals surface area contributed by atoms with E-state index >= 15 is 0 Å². The summed E-state index contributed by atoms with van der Waals surface area (Å²) in [5, 5.41) is 12.7. The van der Waals surface area contributed by atoms with Gasteiger partial charge in [-0.3, -0.25) is 9.69 Å². The molecule has 3 aromatic rings. The van der Waals surface area contributed by atoms with Crippen molar-refractivity contribution in [2.45, 2.75) is 32.7 Å². The van der Waals surface area contributed by atoms with Gasteiger partial charge in [-0.25, -0.2) is 0 Å². The van der Waals surface area contributed by atoms with Gasteiger partial charge in [-0.15, -0.1) is 11.3 Å². The van der Waals surface area contributed by atoms with E-state index in [-0.39, 0.29) is 11.9 Å². The lowest BCUT2D eigenvalue weighted by atomic mass is 10.2. The van der Waals surface area contributed by atoms with Gasteiger partial charge in [0.25, 0.3) is 0 Å². The number of aryl methyl sites for hydroxylation is 2. The number of carbonyl (C=O) groups excluding carboxylic acids is 1. The molecule has 160 valence electrons. The maximum atomic E-state index is 12.4. The number of piperazine rings is 1. The lowest BCUT2D eigenvalue weighted by molar-refractivity contribution is -0.121. The molecule has 0 bridgehead atoms. The maximum absolute atomic E-state index is 12.4. The van der Waals surface area contributed by atoms with E-state index in [1.54, 1.807) is 24.3 Å². The SMILES string of the molecule is Cc1cc(NC(=O)C(C)N2CCN(CCCc3nc(-c4cccs4)no3)CC2)no1. The number of carbonyl (C=O) groups is 1. The molecule has 1 fully saturated rings. The number of amides is 1. The summed E-state index contributed by atoms with van der Waals surface area (Å²) in [5.74, 6) is 2.43. The number of hydrogen-bond donors (Lipinski definition) is 1. The Labute approximate surface area is 179 Å². The number of rotatable bonds is 8. The average molecular weight is 431 g/mol. The second-order valence-electron chi connectivity index (χ2n) is 7.46. The molecule has 1 atom stereocenters. The number of aromatic nitrogens is 3. The minimum atomic E-state index is -0.210. The average Bonchev–Trinajstić information content (AvgIpc) is 3.50. The van der Waals surface area contributed by atoms with Crippen molar-refractivity contribution in [1.82, 2.24) is 25.1 Å². The van der Waals surface area contributed by atoms with Crippen LogP contribution in [0.1, 0.15) is 25.0 Å².